The van der Waals surface area contributed by atoms with E-state index >= 15 is 0 Å². The van der Waals surface area contributed by atoms with Crippen molar-refractivity contribution in [3.8, 4) is 0 Å². The van der Waals surface area contributed by atoms with E-state index in [4.69, 9.17) is 5.84 Å². The Hall–Kier alpha value is -1.00. The zero-order chi connectivity index (χ0) is 14.4. The standard InChI is InChI=1S/C15H24F2N2/c1-10(2)7-11(3)8-12(19-18)9-13-14(16)5-4-6-15(13)17/h4-6,10-12,19H,7-9,18H2,1-3H3. The molecule has 0 aromatic heterocycles. The average Bonchev–Trinajstić information content (AvgIpc) is 2.31. The van der Waals surface area contributed by atoms with E-state index in [1.807, 2.05) is 0 Å². The van der Waals surface area contributed by atoms with Gasteiger partial charge in [-0.3, -0.25) is 11.3 Å². The molecular weight excluding hydrogens is 246 g/mol. The van der Waals surface area contributed by atoms with Crippen LogP contribution in [0.2, 0.25) is 0 Å². The van der Waals surface area contributed by atoms with E-state index < -0.39 is 11.6 Å². The number of benzene rings is 1. The molecule has 0 aliphatic rings. The number of halogens is 2. The molecule has 0 aliphatic carbocycles. The summed E-state index contributed by atoms with van der Waals surface area (Å²) >= 11 is 0. The Balaban J connectivity index is 2.66. The van der Waals surface area contributed by atoms with Crippen LogP contribution in [0.25, 0.3) is 0 Å². The highest BCUT2D eigenvalue weighted by molar-refractivity contribution is 5.20. The Kier molecular flexibility index (Phi) is 6.38. The summed E-state index contributed by atoms with van der Waals surface area (Å²) in [6, 6.07) is 3.83. The van der Waals surface area contributed by atoms with Gasteiger partial charge < -0.3 is 0 Å². The molecule has 1 aromatic carbocycles. The van der Waals surface area contributed by atoms with Gasteiger partial charge >= 0.3 is 0 Å². The molecule has 0 saturated carbocycles. The molecule has 0 amide bonds. The van der Waals surface area contributed by atoms with Crippen molar-refractivity contribution in [3.05, 3.63) is 35.4 Å². The van der Waals surface area contributed by atoms with E-state index in [1.54, 1.807) is 0 Å². The Morgan fingerprint density at radius 2 is 1.68 bits per heavy atom. The highest BCUT2D eigenvalue weighted by Gasteiger charge is 2.17. The Labute approximate surface area is 114 Å². The smallest absolute Gasteiger partial charge is 0.129 e. The predicted octanol–water partition coefficient (Wildman–Crippen LogP) is 3.41. The van der Waals surface area contributed by atoms with E-state index in [1.165, 1.54) is 18.2 Å². The Morgan fingerprint density at radius 1 is 1.11 bits per heavy atom. The molecule has 4 heteroatoms. The van der Waals surface area contributed by atoms with Crippen molar-refractivity contribution in [2.24, 2.45) is 17.7 Å². The summed E-state index contributed by atoms with van der Waals surface area (Å²) in [6.45, 7) is 6.47. The number of rotatable bonds is 7. The van der Waals surface area contributed by atoms with Gasteiger partial charge in [0.05, 0.1) is 0 Å². The van der Waals surface area contributed by atoms with Crippen LogP contribution < -0.4 is 11.3 Å². The second-order valence-corrected chi connectivity index (χ2v) is 5.74. The van der Waals surface area contributed by atoms with Crippen LogP contribution in [0, 0.1) is 23.5 Å². The molecule has 0 spiro atoms. The lowest BCUT2D eigenvalue weighted by Gasteiger charge is -2.22. The van der Waals surface area contributed by atoms with Gasteiger partial charge in [0.1, 0.15) is 11.6 Å². The van der Waals surface area contributed by atoms with Crippen molar-refractivity contribution < 1.29 is 8.78 Å². The zero-order valence-corrected chi connectivity index (χ0v) is 11.9. The molecule has 0 saturated heterocycles. The highest BCUT2D eigenvalue weighted by atomic mass is 19.1. The minimum Gasteiger partial charge on any atom is -0.271 e. The summed E-state index contributed by atoms with van der Waals surface area (Å²) in [5.74, 6) is 5.58. The SMILES string of the molecule is CC(C)CC(C)CC(Cc1c(F)cccc1F)NN. The molecule has 19 heavy (non-hydrogen) atoms. The summed E-state index contributed by atoms with van der Waals surface area (Å²) in [7, 11) is 0. The van der Waals surface area contributed by atoms with E-state index in [9.17, 15) is 8.78 Å². The first-order chi connectivity index (χ1) is 8.93. The van der Waals surface area contributed by atoms with Crippen molar-refractivity contribution in [1.82, 2.24) is 5.43 Å². The molecule has 0 bridgehead atoms. The second kappa shape index (κ2) is 7.56. The van der Waals surface area contributed by atoms with Crippen molar-refractivity contribution in [3.63, 3.8) is 0 Å². The summed E-state index contributed by atoms with van der Waals surface area (Å²) in [5, 5.41) is 0. The number of hydrogen-bond donors (Lipinski definition) is 2. The normalized spacial score (nSPS) is 14.7. The van der Waals surface area contributed by atoms with Gasteiger partial charge in [-0.1, -0.05) is 26.8 Å². The van der Waals surface area contributed by atoms with Gasteiger partial charge in [0, 0.05) is 11.6 Å². The van der Waals surface area contributed by atoms with Gasteiger partial charge in [0.25, 0.3) is 0 Å². The molecule has 0 aliphatic heterocycles. The Bertz CT molecular complexity index is 373. The third kappa shape index (κ3) is 5.25. The van der Waals surface area contributed by atoms with Gasteiger partial charge in [-0.15, -0.1) is 0 Å². The first-order valence-corrected chi connectivity index (χ1v) is 6.83. The first-order valence-electron chi connectivity index (χ1n) is 6.83. The maximum atomic E-state index is 13.6. The van der Waals surface area contributed by atoms with Crippen LogP contribution in [-0.4, -0.2) is 6.04 Å². The fourth-order valence-corrected chi connectivity index (χ4v) is 2.57. The number of nitrogens with two attached hydrogens (primary N) is 1. The lowest BCUT2D eigenvalue weighted by molar-refractivity contribution is 0.348. The van der Waals surface area contributed by atoms with E-state index in [-0.39, 0.29) is 18.0 Å². The quantitative estimate of drug-likeness (QED) is 0.588. The van der Waals surface area contributed by atoms with Crippen LogP contribution in [0.5, 0.6) is 0 Å². The highest BCUT2D eigenvalue weighted by Crippen LogP contribution is 2.20. The van der Waals surface area contributed by atoms with E-state index in [2.05, 4.69) is 26.2 Å². The summed E-state index contributed by atoms with van der Waals surface area (Å²) < 4.78 is 27.2. The van der Waals surface area contributed by atoms with Gasteiger partial charge in [0.2, 0.25) is 0 Å². The fraction of sp³-hybridized carbons (Fsp3) is 0.600. The predicted molar refractivity (Wildman–Crippen MR) is 74.4 cm³/mol. The van der Waals surface area contributed by atoms with E-state index in [0.29, 0.717) is 11.8 Å². The van der Waals surface area contributed by atoms with Gasteiger partial charge in [-0.25, -0.2) is 8.78 Å². The van der Waals surface area contributed by atoms with Gasteiger partial charge in [-0.2, -0.15) is 0 Å². The molecule has 2 atom stereocenters. The third-order valence-corrected chi connectivity index (χ3v) is 3.31. The molecule has 108 valence electrons. The summed E-state index contributed by atoms with van der Waals surface area (Å²) in [4.78, 5) is 0. The lowest BCUT2D eigenvalue weighted by atomic mass is 9.90. The van der Waals surface area contributed by atoms with Crippen LogP contribution in [0.1, 0.15) is 39.2 Å². The minimum absolute atomic E-state index is 0.111. The molecule has 1 aromatic rings. The average molecular weight is 270 g/mol. The van der Waals surface area contributed by atoms with Crippen LogP contribution in [-0.2, 0) is 6.42 Å². The number of nitrogens with one attached hydrogen (secondary N) is 1. The molecule has 2 nitrogen and oxygen atoms in total. The van der Waals surface area contributed by atoms with Crippen LogP contribution >= 0.6 is 0 Å². The molecule has 1 rings (SSSR count). The Morgan fingerprint density at radius 3 is 2.16 bits per heavy atom. The maximum Gasteiger partial charge on any atom is 0.129 e. The number of hydrogen-bond acceptors (Lipinski definition) is 2. The maximum absolute atomic E-state index is 13.6. The molecule has 0 heterocycles. The lowest BCUT2D eigenvalue weighted by Crippen LogP contribution is -2.38. The van der Waals surface area contributed by atoms with Gasteiger partial charge in [-0.05, 0) is 43.2 Å². The molecule has 3 N–H and O–H groups in total. The van der Waals surface area contributed by atoms with Gasteiger partial charge in [0.15, 0.2) is 0 Å². The van der Waals surface area contributed by atoms with Crippen molar-refractivity contribution in [1.29, 1.82) is 0 Å². The monoisotopic (exact) mass is 270 g/mol. The van der Waals surface area contributed by atoms with Crippen LogP contribution in [0.15, 0.2) is 18.2 Å². The first kappa shape index (κ1) is 16.1. The molecule has 2 unspecified atom stereocenters. The zero-order valence-electron chi connectivity index (χ0n) is 11.9. The van der Waals surface area contributed by atoms with Crippen molar-refractivity contribution in [2.45, 2.75) is 46.1 Å². The summed E-state index contributed by atoms with van der Waals surface area (Å²) in [5.41, 5.74) is 2.79. The largest absolute Gasteiger partial charge is 0.271 e. The molecular formula is C15H24F2N2. The topological polar surface area (TPSA) is 38.0 Å². The molecule has 0 radical (unpaired) electrons. The van der Waals surface area contributed by atoms with Crippen molar-refractivity contribution in [2.75, 3.05) is 0 Å². The molecule has 0 fully saturated rings. The number of hydrazine groups is 1. The van der Waals surface area contributed by atoms with Crippen LogP contribution in [0.3, 0.4) is 0 Å². The minimum atomic E-state index is -0.503. The van der Waals surface area contributed by atoms with Crippen molar-refractivity contribution >= 4 is 0 Å². The fourth-order valence-electron chi connectivity index (χ4n) is 2.57. The van der Waals surface area contributed by atoms with Crippen LogP contribution in [0.4, 0.5) is 8.78 Å². The third-order valence-electron chi connectivity index (χ3n) is 3.31. The van der Waals surface area contributed by atoms with E-state index in [0.717, 1.165) is 12.8 Å². The summed E-state index contributed by atoms with van der Waals surface area (Å²) in [6.07, 6.45) is 2.16. The second-order valence-electron chi connectivity index (χ2n) is 5.74.